The van der Waals surface area contributed by atoms with Crippen molar-refractivity contribution >= 4 is 5.78 Å². The average molecular weight is 257 g/mol. The third kappa shape index (κ3) is 3.01. The number of benzene rings is 1. The van der Waals surface area contributed by atoms with Gasteiger partial charge in [0.2, 0.25) is 6.79 Å². The summed E-state index contributed by atoms with van der Waals surface area (Å²) in [5.74, 6) is 0.990. The van der Waals surface area contributed by atoms with Crippen LogP contribution in [0.15, 0.2) is 18.2 Å². The summed E-state index contributed by atoms with van der Waals surface area (Å²) in [4.78, 5) is 13.5. The highest BCUT2D eigenvalue weighted by atomic mass is 16.7. The van der Waals surface area contributed by atoms with Gasteiger partial charge in [-0.05, 0) is 18.2 Å². The van der Waals surface area contributed by atoms with Crippen LogP contribution in [-0.2, 0) is 0 Å². The normalized spacial score (nSPS) is 11.9. The summed E-state index contributed by atoms with van der Waals surface area (Å²) in [6, 6.07) is 8.79. The van der Waals surface area contributed by atoms with E-state index < -0.39 is 0 Å². The van der Waals surface area contributed by atoms with E-state index in [1.54, 1.807) is 18.2 Å². The van der Waals surface area contributed by atoms with Crippen molar-refractivity contribution in [3.05, 3.63) is 23.8 Å². The van der Waals surface area contributed by atoms with Crippen LogP contribution < -0.4 is 9.47 Å². The van der Waals surface area contributed by atoms with Gasteiger partial charge in [0.15, 0.2) is 17.3 Å². The Kier molecular flexibility index (Phi) is 3.97. The Labute approximate surface area is 110 Å². The smallest absolute Gasteiger partial charge is 0.231 e. The quantitative estimate of drug-likeness (QED) is 0.576. The minimum Gasteiger partial charge on any atom is -0.454 e. The lowest BCUT2D eigenvalue weighted by Crippen LogP contribution is -2.30. The minimum absolute atomic E-state index is 0.0285. The molecule has 96 valence electrons. The number of hydrogen-bond acceptors (Lipinski definition) is 6. The molecule has 19 heavy (non-hydrogen) atoms. The van der Waals surface area contributed by atoms with E-state index in [9.17, 15) is 4.79 Å². The third-order valence-corrected chi connectivity index (χ3v) is 2.65. The van der Waals surface area contributed by atoms with Crippen molar-refractivity contribution in [1.29, 1.82) is 10.5 Å². The van der Waals surface area contributed by atoms with Gasteiger partial charge in [-0.3, -0.25) is 9.69 Å². The molecule has 0 bridgehead atoms. The Hall–Kier alpha value is -2.57. The monoisotopic (exact) mass is 257 g/mol. The molecule has 1 heterocycles. The second kappa shape index (κ2) is 5.85. The van der Waals surface area contributed by atoms with Crippen LogP contribution in [0, 0.1) is 22.7 Å². The summed E-state index contributed by atoms with van der Waals surface area (Å²) in [7, 11) is 0. The first kappa shape index (κ1) is 12.9. The molecule has 0 aromatic heterocycles. The molecule has 0 unspecified atom stereocenters. The lowest BCUT2D eigenvalue weighted by atomic mass is 10.1. The molecule has 0 amide bonds. The number of nitrogens with zero attached hydrogens (tertiary/aromatic N) is 3. The van der Waals surface area contributed by atoms with Gasteiger partial charge in [0, 0.05) is 5.56 Å². The zero-order chi connectivity index (χ0) is 13.7. The van der Waals surface area contributed by atoms with E-state index in [1.165, 1.54) is 4.90 Å². The number of carbonyl (C=O) groups is 1. The fraction of sp³-hybridized carbons (Fsp3) is 0.308. The molecule has 0 spiro atoms. The van der Waals surface area contributed by atoms with Crippen LogP contribution in [0.1, 0.15) is 10.4 Å². The maximum Gasteiger partial charge on any atom is 0.231 e. The standard InChI is InChI=1S/C13H11N3O3/c14-3-5-16(6-4-15)8-11(17)10-1-2-12-13(7-10)19-9-18-12/h1-2,7H,5-6,8-9H2. The Morgan fingerprint density at radius 1 is 1.21 bits per heavy atom. The van der Waals surface area contributed by atoms with Gasteiger partial charge >= 0.3 is 0 Å². The second-order valence-electron chi connectivity index (χ2n) is 3.95. The Balaban J connectivity index is 2.07. The van der Waals surface area contributed by atoms with E-state index >= 15 is 0 Å². The van der Waals surface area contributed by atoms with E-state index in [0.29, 0.717) is 17.1 Å². The van der Waals surface area contributed by atoms with Crippen LogP contribution in [0.25, 0.3) is 0 Å². The van der Waals surface area contributed by atoms with Gasteiger partial charge in [-0.2, -0.15) is 10.5 Å². The zero-order valence-corrected chi connectivity index (χ0v) is 10.1. The summed E-state index contributed by atoms with van der Waals surface area (Å²) in [5, 5.41) is 17.2. The van der Waals surface area contributed by atoms with Gasteiger partial charge in [0.1, 0.15) is 0 Å². The number of hydrogen-bond donors (Lipinski definition) is 0. The van der Waals surface area contributed by atoms with Crippen molar-refractivity contribution in [1.82, 2.24) is 4.90 Å². The van der Waals surface area contributed by atoms with E-state index in [-0.39, 0.29) is 32.2 Å². The van der Waals surface area contributed by atoms with Crippen molar-refractivity contribution in [2.75, 3.05) is 26.4 Å². The molecule has 1 aromatic rings. The predicted molar refractivity (Wildman–Crippen MR) is 64.6 cm³/mol. The average Bonchev–Trinajstić information content (AvgIpc) is 2.86. The fourth-order valence-electron chi connectivity index (χ4n) is 1.73. The first-order chi connectivity index (χ1) is 9.24. The molecule has 1 aliphatic heterocycles. The number of fused-ring (bicyclic) bond motifs is 1. The molecule has 0 fully saturated rings. The van der Waals surface area contributed by atoms with Crippen molar-refractivity contribution in [2.45, 2.75) is 0 Å². The molecule has 0 N–H and O–H groups in total. The lowest BCUT2D eigenvalue weighted by molar-refractivity contribution is 0.0946. The first-order valence-electron chi connectivity index (χ1n) is 5.63. The van der Waals surface area contributed by atoms with Crippen LogP contribution in [-0.4, -0.2) is 37.1 Å². The minimum atomic E-state index is -0.163. The lowest BCUT2D eigenvalue weighted by Gasteiger charge is -2.13. The van der Waals surface area contributed by atoms with Gasteiger partial charge in [0.25, 0.3) is 0 Å². The van der Waals surface area contributed by atoms with Gasteiger partial charge < -0.3 is 9.47 Å². The number of ketones is 1. The summed E-state index contributed by atoms with van der Waals surface area (Å²) < 4.78 is 10.4. The van der Waals surface area contributed by atoms with Crippen LogP contribution in [0.5, 0.6) is 11.5 Å². The number of Topliss-reactive ketones (excluding diaryl/α,β-unsaturated/α-hetero) is 1. The van der Waals surface area contributed by atoms with E-state index in [2.05, 4.69) is 0 Å². The van der Waals surface area contributed by atoms with E-state index in [0.717, 1.165) is 0 Å². The summed E-state index contributed by atoms with van der Waals surface area (Å²) in [5.41, 5.74) is 0.477. The third-order valence-electron chi connectivity index (χ3n) is 2.65. The molecular weight excluding hydrogens is 246 g/mol. The molecule has 0 aliphatic carbocycles. The van der Waals surface area contributed by atoms with Gasteiger partial charge in [0.05, 0.1) is 31.8 Å². The largest absolute Gasteiger partial charge is 0.454 e. The van der Waals surface area contributed by atoms with Crippen LogP contribution in [0.4, 0.5) is 0 Å². The van der Waals surface area contributed by atoms with Crippen molar-refractivity contribution in [3.8, 4) is 23.6 Å². The van der Waals surface area contributed by atoms with E-state index in [4.69, 9.17) is 20.0 Å². The predicted octanol–water partition coefficient (Wildman–Crippen LogP) is 0.947. The maximum absolute atomic E-state index is 12.0. The zero-order valence-electron chi connectivity index (χ0n) is 10.1. The number of rotatable bonds is 5. The van der Waals surface area contributed by atoms with Gasteiger partial charge in [-0.1, -0.05) is 0 Å². The first-order valence-corrected chi connectivity index (χ1v) is 5.63. The number of nitriles is 2. The van der Waals surface area contributed by atoms with Gasteiger partial charge in [-0.25, -0.2) is 0 Å². The molecular formula is C13H11N3O3. The summed E-state index contributed by atoms with van der Waals surface area (Å²) in [6.45, 7) is 0.274. The summed E-state index contributed by atoms with van der Waals surface area (Å²) in [6.07, 6.45) is 0. The molecule has 6 nitrogen and oxygen atoms in total. The van der Waals surface area contributed by atoms with Crippen molar-refractivity contribution in [3.63, 3.8) is 0 Å². The highest BCUT2D eigenvalue weighted by Crippen LogP contribution is 2.32. The van der Waals surface area contributed by atoms with Crippen molar-refractivity contribution < 1.29 is 14.3 Å². The Morgan fingerprint density at radius 2 is 1.89 bits per heavy atom. The summed E-state index contributed by atoms with van der Waals surface area (Å²) >= 11 is 0. The van der Waals surface area contributed by atoms with E-state index in [1.807, 2.05) is 12.1 Å². The maximum atomic E-state index is 12.0. The topological polar surface area (TPSA) is 86.4 Å². The Morgan fingerprint density at radius 3 is 2.58 bits per heavy atom. The molecule has 0 saturated carbocycles. The van der Waals surface area contributed by atoms with Crippen LogP contribution in [0.2, 0.25) is 0 Å². The van der Waals surface area contributed by atoms with Crippen molar-refractivity contribution in [2.24, 2.45) is 0 Å². The van der Waals surface area contributed by atoms with Gasteiger partial charge in [-0.15, -0.1) is 0 Å². The number of carbonyl (C=O) groups excluding carboxylic acids is 1. The highest BCUT2D eigenvalue weighted by molar-refractivity contribution is 5.98. The van der Waals surface area contributed by atoms with Crippen LogP contribution >= 0.6 is 0 Å². The molecule has 1 aliphatic rings. The molecule has 6 heteroatoms. The number of ether oxygens (including phenoxy) is 2. The highest BCUT2D eigenvalue weighted by Gasteiger charge is 2.17. The van der Waals surface area contributed by atoms with Crippen LogP contribution in [0.3, 0.4) is 0 Å². The SMILES string of the molecule is N#CCN(CC#N)CC(=O)c1ccc2c(c1)OCO2. The molecule has 2 rings (SSSR count). The molecule has 0 saturated heterocycles. The fourth-order valence-corrected chi connectivity index (χ4v) is 1.73. The second-order valence-corrected chi connectivity index (χ2v) is 3.95. The molecule has 0 radical (unpaired) electrons. The molecule has 1 aromatic carbocycles. The molecule has 0 atom stereocenters. The Bertz CT molecular complexity index is 555.